The molecule has 0 radical (unpaired) electrons. The van der Waals surface area contributed by atoms with Gasteiger partial charge >= 0.3 is 5.97 Å². The van der Waals surface area contributed by atoms with Crippen LogP contribution in [0.25, 0.3) is 0 Å². The zero-order chi connectivity index (χ0) is 15.1. The molecule has 0 heterocycles. The Morgan fingerprint density at radius 1 is 1.30 bits per heavy atom. The van der Waals surface area contributed by atoms with Gasteiger partial charge in [-0.15, -0.1) is 0 Å². The van der Waals surface area contributed by atoms with E-state index in [1.807, 2.05) is 6.92 Å². The monoisotopic (exact) mass is 290 g/mol. The highest BCUT2D eigenvalue weighted by Gasteiger charge is 2.16. The van der Waals surface area contributed by atoms with Crippen LogP contribution in [-0.4, -0.2) is 17.7 Å². The first kappa shape index (κ1) is 16.5. The number of rotatable bonds is 7. The molecule has 3 nitrogen and oxygen atoms in total. The lowest BCUT2D eigenvalue weighted by Gasteiger charge is -2.11. The number of aliphatic hydroxyl groups is 1. The Bertz CT molecular complexity index is 440. The SMILES string of the molecule is CCCCOC(=O)CCC(O)c1cc(F)c(F)c(F)c1. The first-order valence-corrected chi connectivity index (χ1v) is 6.43. The number of carbonyl (C=O) groups excluding carboxylic acids is 1. The first-order valence-electron chi connectivity index (χ1n) is 6.43. The van der Waals surface area contributed by atoms with Crippen LogP contribution in [0.1, 0.15) is 44.3 Å². The third kappa shape index (κ3) is 4.85. The molecular weight excluding hydrogens is 273 g/mol. The molecule has 0 aliphatic carbocycles. The summed E-state index contributed by atoms with van der Waals surface area (Å²) < 4.78 is 43.6. The minimum absolute atomic E-state index is 0.0462. The maximum atomic E-state index is 13.0. The van der Waals surface area contributed by atoms with Crippen molar-refractivity contribution in [3.05, 3.63) is 35.1 Å². The first-order chi connectivity index (χ1) is 9.45. The van der Waals surface area contributed by atoms with Crippen molar-refractivity contribution in [1.82, 2.24) is 0 Å². The zero-order valence-electron chi connectivity index (χ0n) is 11.2. The molecule has 0 bridgehead atoms. The van der Waals surface area contributed by atoms with Gasteiger partial charge in [0.1, 0.15) is 0 Å². The fourth-order valence-corrected chi connectivity index (χ4v) is 1.59. The van der Waals surface area contributed by atoms with Crippen molar-refractivity contribution in [3.8, 4) is 0 Å². The maximum Gasteiger partial charge on any atom is 0.305 e. The van der Waals surface area contributed by atoms with Gasteiger partial charge in [-0.05, 0) is 30.5 Å². The fraction of sp³-hybridized carbons (Fsp3) is 0.500. The van der Waals surface area contributed by atoms with Gasteiger partial charge in [0.05, 0.1) is 12.7 Å². The molecule has 1 N–H and O–H groups in total. The molecule has 1 rings (SSSR count). The van der Waals surface area contributed by atoms with Crippen molar-refractivity contribution >= 4 is 5.97 Å². The molecule has 0 amide bonds. The molecule has 0 fully saturated rings. The highest BCUT2D eigenvalue weighted by atomic mass is 19.2. The summed E-state index contributed by atoms with van der Waals surface area (Å²) in [6, 6.07) is 1.43. The van der Waals surface area contributed by atoms with Crippen molar-refractivity contribution in [2.45, 2.75) is 38.7 Å². The number of esters is 1. The van der Waals surface area contributed by atoms with Gasteiger partial charge in [-0.2, -0.15) is 0 Å². The molecule has 20 heavy (non-hydrogen) atoms. The summed E-state index contributed by atoms with van der Waals surface area (Å²) in [4.78, 5) is 11.3. The van der Waals surface area contributed by atoms with Gasteiger partial charge in [-0.25, -0.2) is 13.2 Å². The van der Waals surface area contributed by atoms with E-state index in [9.17, 15) is 23.1 Å². The minimum atomic E-state index is -1.58. The van der Waals surface area contributed by atoms with Crippen LogP contribution in [0.15, 0.2) is 12.1 Å². The van der Waals surface area contributed by atoms with E-state index in [1.54, 1.807) is 0 Å². The zero-order valence-corrected chi connectivity index (χ0v) is 11.2. The minimum Gasteiger partial charge on any atom is -0.466 e. The number of carbonyl (C=O) groups is 1. The second kappa shape index (κ2) is 7.89. The summed E-state index contributed by atoms with van der Waals surface area (Å²) in [6.07, 6.45) is 0.270. The molecule has 6 heteroatoms. The maximum absolute atomic E-state index is 13.0. The lowest BCUT2D eigenvalue weighted by atomic mass is 10.0. The van der Waals surface area contributed by atoms with Crippen LogP contribution in [0, 0.1) is 17.5 Å². The Balaban J connectivity index is 2.50. The molecule has 1 atom stereocenters. The molecule has 1 aromatic carbocycles. The second-order valence-corrected chi connectivity index (χ2v) is 4.43. The predicted molar refractivity (Wildman–Crippen MR) is 66.4 cm³/mol. The van der Waals surface area contributed by atoms with E-state index in [0.29, 0.717) is 18.7 Å². The number of unbranched alkanes of at least 4 members (excludes halogenated alkanes) is 1. The standard InChI is InChI=1S/C14H17F3O3/c1-2-3-6-20-13(19)5-4-12(18)9-7-10(15)14(17)11(16)8-9/h7-8,12,18H,2-6H2,1H3. The third-order valence-corrected chi connectivity index (χ3v) is 2.77. The van der Waals surface area contributed by atoms with Crippen LogP contribution in [0.2, 0.25) is 0 Å². The second-order valence-electron chi connectivity index (χ2n) is 4.43. The van der Waals surface area contributed by atoms with Gasteiger partial charge in [0.2, 0.25) is 0 Å². The van der Waals surface area contributed by atoms with Gasteiger partial charge in [0.25, 0.3) is 0 Å². The summed E-state index contributed by atoms with van der Waals surface area (Å²) in [5.74, 6) is -4.81. The van der Waals surface area contributed by atoms with E-state index in [2.05, 4.69) is 0 Å². The topological polar surface area (TPSA) is 46.5 Å². The Hall–Kier alpha value is -1.56. The summed E-state index contributed by atoms with van der Waals surface area (Å²) >= 11 is 0. The highest BCUT2D eigenvalue weighted by Crippen LogP contribution is 2.22. The van der Waals surface area contributed by atoms with Gasteiger partial charge in [-0.1, -0.05) is 13.3 Å². The smallest absolute Gasteiger partial charge is 0.305 e. The van der Waals surface area contributed by atoms with Crippen molar-refractivity contribution in [1.29, 1.82) is 0 Å². The molecule has 0 aliphatic heterocycles. The number of benzene rings is 1. The van der Waals surface area contributed by atoms with Crippen molar-refractivity contribution in [2.75, 3.05) is 6.61 Å². The summed E-state index contributed by atoms with van der Waals surface area (Å²) in [5.41, 5.74) is -0.109. The van der Waals surface area contributed by atoms with Crippen LogP contribution in [0.5, 0.6) is 0 Å². The number of hydrogen-bond acceptors (Lipinski definition) is 3. The Morgan fingerprint density at radius 3 is 2.45 bits per heavy atom. The van der Waals surface area contributed by atoms with Gasteiger partial charge in [0, 0.05) is 6.42 Å². The van der Waals surface area contributed by atoms with Crippen LogP contribution in [0.4, 0.5) is 13.2 Å². The van der Waals surface area contributed by atoms with E-state index >= 15 is 0 Å². The molecule has 0 saturated heterocycles. The molecule has 0 spiro atoms. The van der Waals surface area contributed by atoms with Crippen molar-refractivity contribution in [3.63, 3.8) is 0 Å². The van der Waals surface area contributed by atoms with E-state index < -0.39 is 29.5 Å². The third-order valence-electron chi connectivity index (χ3n) is 2.77. The Kier molecular flexibility index (Phi) is 6.51. The van der Waals surface area contributed by atoms with E-state index in [-0.39, 0.29) is 18.4 Å². The van der Waals surface area contributed by atoms with Crippen LogP contribution < -0.4 is 0 Å². The molecule has 1 aromatic rings. The summed E-state index contributed by atoms with van der Waals surface area (Å²) in [6.45, 7) is 2.26. The van der Waals surface area contributed by atoms with Crippen LogP contribution in [-0.2, 0) is 9.53 Å². The molecule has 112 valence electrons. The molecule has 0 aromatic heterocycles. The average molecular weight is 290 g/mol. The molecule has 0 aliphatic rings. The van der Waals surface area contributed by atoms with Gasteiger partial charge in [0.15, 0.2) is 17.5 Å². The van der Waals surface area contributed by atoms with Crippen LogP contribution >= 0.6 is 0 Å². The molecule has 0 saturated carbocycles. The lowest BCUT2D eigenvalue weighted by molar-refractivity contribution is -0.144. The Morgan fingerprint density at radius 2 is 1.90 bits per heavy atom. The number of ether oxygens (including phenoxy) is 1. The summed E-state index contributed by atoms with van der Waals surface area (Å²) in [5, 5.41) is 9.72. The van der Waals surface area contributed by atoms with Crippen molar-refractivity contribution in [2.24, 2.45) is 0 Å². The van der Waals surface area contributed by atoms with Crippen molar-refractivity contribution < 1.29 is 27.8 Å². The molecular formula is C14H17F3O3. The summed E-state index contributed by atoms with van der Waals surface area (Å²) in [7, 11) is 0. The lowest BCUT2D eigenvalue weighted by Crippen LogP contribution is -2.09. The fourth-order valence-electron chi connectivity index (χ4n) is 1.59. The Labute approximate surface area is 115 Å². The quantitative estimate of drug-likeness (QED) is 0.476. The normalized spacial score (nSPS) is 12.2. The van der Waals surface area contributed by atoms with Gasteiger partial charge in [-0.3, -0.25) is 4.79 Å². The molecule has 1 unspecified atom stereocenters. The number of halogens is 3. The predicted octanol–water partition coefficient (Wildman–Crippen LogP) is 3.26. The van der Waals surface area contributed by atoms with E-state index in [1.165, 1.54) is 0 Å². The average Bonchev–Trinajstić information content (AvgIpc) is 2.41. The number of aliphatic hydroxyl groups excluding tert-OH is 1. The largest absolute Gasteiger partial charge is 0.466 e. The van der Waals surface area contributed by atoms with E-state index in [0.717, 1.165) is 12.8 Å². The van der Waals surface area contributed by atoms with Gasteiger partial charge < -0.3 is 9.84 Å². The van der Waals surface area contributed by atoms with Crippen LogP contribution in [0.3, 0.4) is 0 Å². The highest BCUT2D eigenvalue weighted by molar-refractivity contribution is 5.69. The van der Waals surface area contributed by atoms with E-state index in [4.69, 9.17) is 4.74 Å². The number of hydrogen-bond donors (Lipinski definition) is 1.